The standard InChI is InChI=1S/C29H35NO5Si/c1-22(23(2)35-28(31)24-16-18-25(19-17-24)30(32)33)20-21-34-36(29(3,4)5,26-12-8-6-9-13-26)27-14-10-7-11-15-27/h6-19,22-23H,20-21H2,1-5H3/t22-,23+/m1/s1. The van der Waals surface area contributed by atoms with Gasteiger partial charge in [0.25, 0.3) is 14.0 Å². The zero-order valence-corrected chi connectivity index (χ0v) is 22.6. The summed E-state index contributed by atoms with van der Waals surface area (Å²) in [6, 6.07) is 26.5. The number of esters is 1. The number of carbonyl (C=O) groups is 1. The van der Waals surface area contributed by atoms with E-state index in [-0.39, 0.29) is 22.7 Å². The summed E-state index contributed by atoms with van der Waals surface area (Å²) in [6.07, 6.45) is 0.384. The number of hydrogen-bond donors (Lipinski definition) is 0. The third-order valence-corrected chi connectivity index (χ3v) is 11.8. The van der Waals surface area contributed by atoms with Crippen LogP contribution in [0.15, 0.2) is 84.9 Å². The van der Waals surface area contributed by atoms with Crippen molar-refractivity contribution in [2.75, 3.05) is 6.61 Å². The maximum Gasteiger partial charge on any atom is 0.338 e. The van der Waals surface area contributed by atoms with Crippen molar-refractivity contribution in [3.8, 4) is 0 Å². The largest absolute Gasteiger partial charge is 0.459 e. The van der Waals surface area contributed by atoms with Crippen LogP contribution in [-0.4, -0.2) is 31.9 Å². The van der Waals surface area contributed by atoms with Crippen molar-refractivity contribution in [1.29, 1.82) is 0 Å². The van der Waals surface area contributed by atoms with Gasteiger partial charge in [0.15, 0.2) is 0 Å². The van der Waals surface area contributed by atoms with Crippen molar-refractivity contribution in [2.45, 2.75) is 52.2 Å². The average molecular weight is 506 g/mol. The van der Waals surface area contributed by atoms with Crippen molar-refractivity contribution in [3.63, 3.8) is 0 Å². The van der Waals surface area contributed by atoms with E-state index >= 15 is 0 Å². The first-order chi connectivity index (χ1) is 17.1. The molecule has 7 heteroatoms. The van der Waals surface area contributed by atoms with Crippen LogP contribution in [0.2, 0.25) is 5.04 Å². The molecule has 0 saturated carbocycles. The predicted octanol–water partition coefficient (Wildman–Crippen LogP) is 5.74. The summed E-state index contributed by atoms with van der Waals surface area (Å²) < 4.78 is 12.6. The van der Waals surface area contributed by atoms with Gasteiger partial charge in [-0.2, -0.15) is 0 Å². The Balaban J connectivity index is 1.72. The van der Waals surface area contributed by atoms with Gasteiger partial charge < -0.3 is 9.16 Å². The van der Waals surface area contributed by atoms with E-state index in [9.17, 15) is 14.9 Å². The molecule has 0 aliphatic rings. The van der Waals surface area contributed by atoms with E-state index < -0.39 is 19.2 Å². The molecule has 0 saturated heterocycles. The summed E-state index contributed by atoms with van der Waals surface area (Å²) in [5, 5.41) is 13.2. The zero-order valence-electron chi connectivity index (χ0n) is 21.6. The first-order valence-corrected chi connectivity index (χ1v) is 14.2. The Morgan fingerprint density at radius 1 is 0.889 bits per heavy atom. The van der Waals surface area contributed by atoms with Gasteiger partial charge >= 0.3 is 5.97 Å². The normalized spacial score (nSPS) is 13.6. The Bertz CT molecular complexity index is 1100. The van der Waals surface area contributed by atoms with Gasteiger partial charge in [0, 0.05) is 18.7 Å². The highest BCUT2D eigenvalue weighted by Crippen LogP contribution is 2.37. The van der Waals surface area contributed by atoms with Crippen LogP contribution in [0, 0.1) is 16.0 Å². The molecule has 3 aromatic rings. The number of nitrogens with zero attached hydrogens (tertiary/aromatic N) is 1. The minimum Gasteiger partial charge on any atom is -0.459 e. The van der Waals surface area contributed by atoms with Gasteiger partial charge in [-0.25, -0.2) is 4.79 Å². The summed E-state index contributed by atoms with van der Waals surface area (Å²) in [7, 11) is -2.61. The van der Waals surface area contributed by atoms with Crippen molar-refractivity contribution in [1.82, 2.24) is 0 Å². The molecule has 0 unspecified atom stereocenters. The molecule has 0 aliphatic heterocycles. The van der Waals surface area contributed by atoms with E-state index in [2.05, 4.69) is 69.3 Å². The quantitative estimate of drug-likeness (QED) is 0.152. The second kappa shape index (κ2) is 11.6. The highest BCUT2D eigenvalue weighted by molar-refractivity contribution is 6.99. The Hall–Kier alpha value is -3.29. The summed E-state index contributed by atoms with van der Waals surface area (Å²) in [4.78, 5) is 22.9. The average Bonchev–Trinajstić information content (AvgIpc) is 2.86. The molecule has 2 atom stereocenters. The number of non-ortho nitro benzene ring substituents is 1. The zero-order chi connectivity index (χ0) is 26.3. The molecule has 190 valence electrons. The van der Waals surface area contributed by atoms with Gasteiger partial charge in [-0.15, -0.1) is 0 Å². The molecule has 6 nitrogen and oxygen atoms in total. The van der Waals surface area contributed by atoms with E-state index in [1.165, 1.54) is 34.6 Å². The molecular weight excluding hydrogens is 470 g/mol. The Morgan fingerprint density at radius 2 is 1.39 bits per heavy atom. The van der Waals surface area contributed by atoms with Crippen molar-refractivity contribution in [2.24, 2.45) is 5.92 Å². The fourth-order valence-electron chi connectivity index (χ4n) is 4.47. The van der Waals surface area contributed by atoms with Gasteiger partial charge in [0.05, 0.1) is 10.5 Å². The molecule has 0 heterocycles. The van der Waals surface area contributed by atoms with Crippen LogP contribution in [0.1, 0.15) is 51.4 Å². The van der Waals surface area contributed by atoms with Crippen LogP contribution >= 0.6 is 0 Å². The van der Waals surface area contributed by atoms with E-state index in [1.54, 1.807) is 0 Å². The smallest absolute Gasteiger partial charge is 0.338 e. The summed E-state index contributed by atoms with van der Waals surface area (Å²) in [5.41, 5.74) is 0.233. The lowest BCUT2D eigenvalue weighted by molar-refractivity contribution is -0.384. The number of nitro groups is 1. The molecule has 0 spiro atoms. The SMILES string of the molecule is C[C@H](CCO[Si](c1ccccc1)(c1ccccc1)C(C)(C)C)[C@H](C)OC(=O)c1ccc([N+](=O)[O-])cc1. The fourth-order valence-corrected chi connectivity index (χ4v) is 9.05. The lowest BCUT2D eigenvalue weighted by Gasteiger charge is -2.43. The number of benzene rings is 3. The minimum atomic E-state index is -2.61. The summed E-state index contributed by atoms with van der Waals surface area (Å²) in [5.74, 6) is -0.428. The van der Waals surface area contributed by atoms with Crippen LogP contribution in [0.5, 0.6) is 0 Å². The first-order valence-electron chi connectivity index (χ1n) is 12.3. The molecule has 0 amide bonds. The van der Waals surface area contributed by atoms with Gasteiger partial charge in [-0.3, -0.25) is 10.1 Å². The highest BCUT2D eigenvalue weighted by Gasteiger charge is 2.50. The van der Waals surface area contributed by atoms with Crippen LogP contribution in [-0.2, 0) is 9.16 Å². The summed E-state index contributed by atoms with van der Waals surface area (Å²) >= 11 is 0. The van der Waals surface area contributed by atoms with Gasteiger partial charge in [-0.1, -0.05) is 88.4 Å². The second-order valence-corrected chi connectivity index (χ2v) is 14.5. The van der Waals surface area contributed by atoms with Crippen molar-refractivity contribution < 1.29 is 18.9 Å². The minimum absolute atomic E-state index is 0.0604. The van der Waals surface area contributed by atoms with Crippen LogP contribution in [0.4, 0.5) is 5.69 Å². The number of carbonyl (C=O) groups excluding carboxylic acids is 1. The molecule has 0 fully saturated rings. The lowest BCUT2D eigenvalue weighted by atomic mass is 10.0. The third kappa shape index (κ3) is 6.09. The molecule has 36 heavy (non-hydrogen) atoms. The first kappa shape index (κ1) is 27.3. The Kier molecular flexibility index (Phi) is 8.82. The van der Waals surface area contributed by atoms with Crippen LogP contribution in [0.3, 0.4) is 0 Å². The number of nitro benzene ring substituents is 1. The molecule has 0 radical (unpaired) electrons. The molecule has 3 aromatic carbocycles. The third-order valence-electron chi connectivity index (χ3n) is 6.72. The van der Waals surface area contributed by atoms with Crippen molar-refractivity contribution in [3.05, 3.63) is 101 Å². The molecule has 0 aromatic heterocycles. The monoisotopic (exact) mass is 505 g/mol. The van der Waals surface area contributed by atoms with Gasteiger partial charge in [0.2, 0.25) is 0 Å². The van der Waals surface area contributed by atoms with Crippen LogP contribution in [0.25, 0.3) is 0 Å². The van der Waals surface area contributed by atoms with E-state index in [1.807, 2.05) is 26.0 Å². The van der Waals surface area contributed by atoms with E-state index in [0.717, 1.165) is 6.42 Å². The second-order valence-electron chi connectivity index (χ2n) is 10.2. The maximum atomic E-state index is 12.6. The molecule has 0 N–H and O–H groups in total. The topological polar surface area (TPSA) is 78.7 Å². The fraction of sp³-hybridized carbons (Fsp3) is 0.345. The number of hydrogen-bond acceptors (Lipinski definition) is 5. The number of ether oxygens (including phenoxy) is 1. The van der Waals surface area contributed by atoms with Crippen LogP contribution < -0.4 is 10.4 Å². The highest BCUT2D eigenvalue weighted by atomic mass is 28.4. The van der Waals surface area contributed by atoms with E-state index in [0.29, 0.717) is 12.2 Å². The van der Waals surface area contributed by atoms with Crippen molar-refractivity contribution >= 4 is 30.3 Å². The van der Waals surface area contributed by atoms with E-state index in [4.69, 9.17) is 9.16 Å². The van der Waals surface area contributed by atoms with Gasteiger partial charge in [0.1, 0.15) is 6.10 Å². The molecular formula is C29H35NO5Si. The molecule has 0 bridgehead atoms. The Morgan fingerprint density at radius 3 is 1.83 bits per heavy atom. The van der Waals surface area contributed by atoms with Gasteiger partial charge in [-0.05, 0) is 46.8 Å². The predicted molar refractivity (Wildman–Crippen MR) is 145 cm³/mol. The molecule has 0 aliphatic carbocycles. The number of rotatable bonds is 10. The Labute approximate surface area is 214 Å². The summed E-state index contributed by atoms with van der Waals surface area (Å²) in [6.45, 7) is 11.2. The lowest BCUT2D eigenvalue weighted by Crippen LogP contribution is -2.66. The molecule has 3 rings (SSSR count). The maximum absolute atomic E-state index is 12.6.